The van der Waals surface area contributed by atoms with Gasteiger partial charge in [-0.1, -0.05) is 108 Å². The fourth-order valence-corrected chi connectivity index (χ4v) is 4.53. The molecule has 0 bridgehead atoms. The average Bonchev–Trinajstić information content (AvgIpc) is 2.87. The third-order valence-corrected chi connectivity index (χ3v) is 6.67. The molecule has 3 heteroatoms. The second-order valence-electron chi connectivity index (χ2n) is 9.41. The minimum absolute atomic E-state index is 0.140. The summed E-state index contributed by atoms with van der Waals surface area (Å²) < 4.78 is 17.7. The van der Waals surface area contributed by atoms with Crippen LogP contribution >= 0.6 is 0 Å². The van der Waals surface area contributed by atoms with Crippen molar-refractivity contribution < 1.29 is 14.2 Å². The Morgan fingerprint density at radius 2 is 1.30 bits per heavy atom. The van der Waals surface area contributed by atoms with Crippen molar-refractivity contribution in [2.75, 3.05) is 13.4 Å². The van der Waals surface area contributed by atoms with E-state index < -0.39 is 0 Å². The van der Waals surface area contributed by atoms with E-state index in [1.807, 2.05) is 0 Å². The van der Waals surface area contributed by atoms with Gasteiger partial charge in [0.1, 0.15) is 12.5 Å². The molecule has 0 radical (unpaired) electrons. The van der Waals surface area contributed by atoms with E-state index in [-0.39, 0.29) is 6.10 Å². The van der Waals surface area contributed by atoms with E-state index in [9.17, 15) is 0 Å². The number of hydrogen-bond acceptors (Lipinski definition) is 3. The highest BCUT2D eigenvalue weighted by molar-refractivity contribution is 5.64. The normalized spacial score (nSPS) is 18.4. The fourth-order valence-electron chi connectivity index (χ4n) is 4.53. The zero-order chi connectivity index (χ0) is 23.1. The molecule has 0 amide bonds. The molecule has 0 saturated carbocycles. The molecule has 182 valence electrons. The molecule has 0 unspecified atom stereocenters. The standard InChI is InChI=1S/C30H44O3/c1-3-5-7-9-10-12-22-31-28-20-18-26(19-21-28)25-14-16-27(17-15-25)30-23-29(32-24-33-30)13-11-8-6-4-2/h14-21,29-30H,3-13,22-24H2,1-2H3/t29-,30+/m1/s1. The molecule has 1 saturated heterocycles. The van der Waals surface area contributed by atoms with E-state index in [1.54, 1.807) is 0 Å². The second kappa shape index (κ2) is 15.1. The predicted octanol–water partition coefficient (Wildman–Crippen LogP) is 8.87. The van der Waals surface area contributed by atoms with Crippen LogP contribution in [0.2, 0.25) is 0 Å². The van der Waals surface area contributed by atoms with Crippen LogP contribution in [0.4, 0.5) is 0 Å². The average molecular weight is 453 g/mol. The molecule has 0 spiro atoms. The van der Waals surface area contributed by atoms with E-state index in [0.717, 1.165) is 31.6 Å². The molecule has 33 heavy (non-hydrogen) atoms. The van der Waals surface area contributed by atoms with Crippen molar-refractivity contribution >= 4 is 0 Å². The van der Waals surface area contributed by atoms with Gasteiger partial charge in [0.05, 0.1) is 18.8 Å². The van der Waals surface area contributed by atoms with Crippen molar-refractivity contribution in [2.45, 2.75) is 103 Å². The van der Waals surface area contributed by atoms with Gasteiger partial charge in [0.2, 0.25) is 0 Å². The Labute approximate surface area is 201 Å². The number of unbranched alkanes of at least 4 members (excludes halogenated alkanes) is 8. The molecule has 3 nitrogen and oxygen atoms in total. The van der Waals surface area contributed by atoms with Crippen LogP contribution in [0, 0.1) is 0 Å². The van der Waals surface area contributed by atoms with Crippen LogP contribution in [0.1, 0.15) is 103 Å². The van der Waals surface area contributed by atoms with Gasteiger partial charge in [0.25, 0.3) is 0 Å². The van der Waals surface area contributed by atoms with Gasteiger partial charge in [0, 0.05) is 6.42 Å². The van der Waals surface area contributed by atoms with E-state index in [1.165, 1.54) is 74.5 Å². The number of hydrogen-bond donors (Lipinski definition) is 0. The van der Waals surface area contributed by atoms with Gasteiger partial charge in [-0.15, -0.1) is 0 Å². The molecule has 1 heterocycles. The molecule has 2 aromatic carbocycles. The van der Waals surface area contributed by atoms with Gasteiger partial charge in [0.15, 0.2) is 0 Å². The number of ether oxygens (including phenoxy) is 3. The lowest BCUT2D eigenvalue weighted by Gasteiger charge is -2.30. The molecule has 1 aliphatic rings. The summed E-state index contributed by atoms with van der Waals surface area (Å²) in [5.41, 5.74) is 3.69. The van der Waals surface area contributed by atoms with Crippen molar-refractivity contribution in [3.63, 3.8) is 0 Å². The lowest BCUT2D eigenvalue weighted by molar-refractivity contribution is -0.179. The fraction of sp³-hybridized carbons (Fsp3) is 0.600. The van der Waals surface area contributed by atoms with Gasteiger partial charge in [-0.05, 0) is 41.7 Å². The van der Waals surface area contributed by atoms with Crippen molar-refractivity contribution in [3.8, 4) is 16.9 Å². The van der Waals surface area contributed by atoms with Gasteiger partial charge in [-0.2, -0.15) is 0 Å². The lowest BCUT2D eigenvalue weighted by Crippen LogP contribution is -2.26. The molecule has 2 aromatic rings. The Hall–Kier alpha value is -1.84. The minimum Gasteiger partial charge on any atom is -0.494 e. The molecule has 1 aliphatic heterocycles. The van der Waals surface area contributed by atoms with Crippen LogP contribution in [0.25, 0.3) is 11.1 Å². The second-order valence-corrected chi connectivity index (χ2v) is 9.41. The highest BCUT2D eigenvalue weighted by Gasteiger charge is 2.24. The highest BCUT2D eigenvalue weighted by Crippen LogP contribution is 2.32. The largest absolute Gasteiger partial charge is 0.494 e. The first-order valence-electron chi connectivity index (χ1n) is 13.4. The van der Waals surface area contributed by atoms with Crippen LogP contribution in [0.5, 0.6) is 5.75 Å². The maximum absolute atomic E-state index is 5.92. The van der Waals surface area contributed by atoms with Crippen molar-refractivity contribution in [3.05, 3.63) is 54.1 Å². The third-order valence-electron chi connectivity index (χ3n) is 6.67. The summed E-state index contributed by atoms with van der Waals surface area (Å²) in [4.78, 5) is 0. The SMILES string of the molecule is CCCCCCCCOc1ccc(-c2ccc([C@@H]3C[C@@H](CCCCCC)OCO3)cc2)cc1. The quantitative estimate of drug-likeness (QED) is 0.253. The van der Waals surface area contributed by atoms with Gasteiger partial charge in [-0.3, -0.25) is 0 Å². The van der Waals surface area contributed by atoms with Gasteiger partial charge < -0.3 is 14.2 Å². The maximum atomic E-state index is 5.92. The first kappa shape index (κ1) is 25.8. The monoisotopic (exact) mass is 452 g/mol. The molecular weight excluding hydrogens is 408 g/mol. The topological polar surface area (TPSA) is 27.7 Å². The first-order valence-corrected chi connectivity index (χ1v) is 13.4. The summed E-state index contributed by atoms with van der Waals surface area (Å²) in [5, 5.41) is 0. The molecular formula is C30H44O3. The number of benzene rings is 2. The Bertz CT molecular complexity index is 753. The predicted molar refractivity (Wildman–Crippen MR) is 138 cm³/mol. The zero-order valence-electron chi connectivity index (χ0n) is 20.9. The van der Waals surface area contributed by atoms with Gasteiger partial charge in [-0.25, -0.2) is 0 Å². The van der Waals surface area contributed by atoms with Crippen molar-refractivity contribution in [2.24, 2.45) is 0 Å². The van der Waals surface area contributed by atoms with Crippen LogP contribution in [0.15, 0.2) is 48.5 Å². The van der Waals surface area contributed by atoms with Crippen LogP contribution in [-0.4, -0.2) is 19.5 Å². The van der Waals surface area contributed by atoms with E-state index >= 15 is 0 Å². The van der Waals surface area contributed by atoms with E-state index in [0.29, 0.717) is 12.9 Å². The van der Waals surface area contributed by atoms with Crippen molar-refractivity contribution in [1.29, 1.82) is 0 Å². The van der Waals surface area contributed by atoms with Crippen LogP contribution in [0.3, 0.4) is 0 Å². The molecule has 1 fully saturated rings. The summed E-state index contributed by atoms with van der Waals surface area (Å²) in [5.74, 6) is 0.963. The summed E-state index contributed by atoms with van der Waals surface area (Å²) >= 11 is 0. The zero-order valence-corrected chi connectivity index (χ0v) is 20.9. The summed E-state index contributed by atoms with van der Waals surface area (Å²) in [6.45, 7) is 5.73. The van der Waals surface area contributed by atoms with E-state index in [4.69, 9.17) is 14.2 Å². The third kappa shape index (κ3) is 9.14. The molecule has 0 aromatic heterocycles. The van der Waals surface area contributed by atoms with Gasteiger partial charge >= 0.3 is 0 Å². The minimum atomic E-state index is 0.140. The maximum Gasteiger partial charge on any atom is 0.147 e. The number of rotatable bonds is 15. The molecule has 2 atom stereocenters. The summed E-state index contributed by atoms with van der Waals surface area (Å²) in [6.07, 6.45) is 15.4. The molecule has 0 N–H and O–H groups in total. The Morgan fingerprint density at radius 3 is 2.00 bits per heavy atom. The van der Waals surface area contributed by atoms with Crippen molar-refractivity contribution in [1.82, 2.24) is 0 Å². The Kier molecular flexibility index (Phi) is 11.8. The van der Waals surface area contributed by atoms with Crippen LogP contribution < -0.4 is 4.74 Å². The van der Waals surface area contributed by atoms with Crippen LogP contribution in [-0.2, 0) is 9.47 Å². The Balaban J connectivity index is 1.43. The molecule has 3 rings (SSSR count). The first-order chi connectivity index (χ1) is 16.3. The Morgan fingerprint density at radius 1 is 0.697 bits per heavy atom. The molecule has 0 aliphatic carbocycles. The van der Waals surface area contributed by atoms with E-state index in [2.05, 4.69) is 62.4 Å². The summed E-state index contributed by atoms with van der Waals surface area (Å²) in [7, 11) is 0. The lowest BCUT2D eigenvalue weighted by atomic mass is 9.96. The smallest absolute Gasteiger partial charge is 0.147 e. The highest BCUT2D eigenvalue weighted by atomic mass is 16.7. The summed E-state index contributed by atoms with van der Waals surface area (Å²) in [6, 6.07) is 17.3.